The molecule has 0 aliphatic rings. The van der Waals surface area contributed by atoms with Crippen molar-refractivity contribution in [2.75, 3.05) is 17.2 Å². The summed E-state index contributed by atoms with van der Waals surface area (Å²) < 4.78 is 0. The van der Waals surface area contributed by atoms with Crippen LogP contribution in [0.4, 0.5) is 17.3 Å². The number of fused-ring (bicyclic) bond motifs is 1. The molecule has 0 radical (unpaired) electrons. The third-order valence-electron chi connectivity index (χ3n) is 5.46. The first-order valence-electron chi connectivity index (χ1n) is 11.2. The summed E-state index contributed by atoms with van der Waals surface area (Å²) in [5, 5.41) is 7.72. The Bertz CT molecular complexity index is 1360. The molecular weight excluding hydrogens is 422 g/mol. The van der Waals surface area contributed by atoms with Gasteiger partial charge in [-0.1, -0.05) is 48.5 Å². The lowest BCUT2D eigenvalue weighted by Gasteiger charge is -2.16. The summed E-state index contributed by atoms with van der Waals surface area (Å²) in [4.78, 5) is 18.4. The zero-order chi connectivity index (χ0) is 23.2. The number of rotatable bonds is 8. The third kappa shape index (κ3) is 5.00. The fourth-order valence-corrected chi connectivity index (χ4v) is 3.79. The summed E-state index contributed by atoms with van der Waals surface area (Å²) >= 11 is 0. The van der Waals surface area contributed by atoms with Gasteiger partial charge < -0.3 is 16.4 Å². The molecule has 5 rings (SSSR count). The molecule has 3 aromatic heterocycles. The van der Waals surface area contributed by atoms with Crippen molar-refractivity contribution in [1.82, 2.24) is 19.9 Å². The van der Waals surface area contributed by atoms with Crippen LogP contribution >= 0.6 is 0 Å². The van der Waals surface area contributed by atoms with Gasteiger partial charge in [0.2, 0.25) is 0 Å². The van der Waals surface area contributed by atoms with E-state index in [0.29, 0.717) is 18.2 Å². The van der Waals surface area contributed by atoms with Crippen LogP contribution in [0, 0.1) is 0 Å². The van der Waals surface area contributed by atoms with Gasteiger partial charge in [0.25, 0.3) is 0 Å². The number of aromatic nitrogens is 4. The number of para-hydroxylation sites is 1. The number of hydrogen-bond donors (Lipinski definition) is 3. The minimum Gasteiger partial charge on any atom is -0.368 e. The Balaban J connectivity index is 1.50. The van der Waals surface area contributed by atoms with Gasteiger partial charge in [-0.3, -0.25) is 4.98 Å². The zero-order valence-electron chi connectivity index (χ0n) is 18.6. The number of pyridine rings is 2. The van der Waals surface area contributed by atoms with Gasteiger partial charge in [0.05, 0.1) is 0 Å². The van der Waals surface area contributed by atoms with Gasteiger partial charge in [0.15, 0.2) is 11.6 Å². The highest BCUT2D eigenvalue weighted by molar-refractivity contribution is 5.97. The Hall–Kier alpha value is -4.36. The number of nitrogens with two attached hydrogens (primary N) is 1. The Morgan fingerprint density at radius 3 is 2.26 bits per heavy atom. The monoisotopic (exact) mass is 447 g/mol. The molecular formula is C27H25N7. The summed E-state index contributed by atoms with van der Waals surface area (Å²) in [5.74, 6) is 1.98. The summed E-state index contributed by atoms with van der Waals surface area (Å²) in [6, 6.07) is 25.8. The number of nitrogens with one attached hydrogen (secondary N) is 2. The van der Waals surface area contributed by atoms with Gasteiger partial charge in [-0.2, -0.15) is 0 Å². The van der Waals surface area contributed by atoms with E-state index in [4.69, 9.17) is 15.7 Å². The number of hydrogen-bond acceptors (Lipinski definition) is 7. The largest absolute Gasteiger partial charge is 0.368 e. The SMILES string of the molecule is N[C@@H](CNc1nc(-c2ccncc2)nc2c(Nc3ccccc3)nccc12)Cc1ccccc1. The van der Waals surface area contributed by atoms with Crippen molar-refractivity contribution in [3.05, 3.63) is 103 Å². The lowest BCUT2D eigenvalue weighted by atomic mass is 10.1. The maximum Gasteiger partial charge on any atom is 0.162 e. The molecule has 0 aliphatic heterocycles. The molecule has 0 unspecified atom stereocenters. The van der Waals surface area contributed by atoms with Gasteiger partial charge in [0, 0.05) is 47.8 Å². The minimum atomic E-state index is -0.0689. The molecule has 7 nitrogen and oxygen atoms in total. The number of anilines is 3. The van der Waals surface area contributed by atoms with Crippen LogP contribution in [0.25, 0.3) is 22.3 Å². The average molecular weight is 448 g/mol. The first kappa shape index (κ1) is 21.5. The predicted molar refractivity (Wildman–Crippen MR) is 137 cm³/mol. The highest BCUT2D eigenvalue weighted by Gasteiger charge is 2.15. The molecule has 0 saturated heterocycles. The van der Waals surface area contributed by atoms with Crippen molar-refractivity contribution in [3.8, 4) is 11.4 Å². The number of nitrogens with zero attached hydrogens (tertiary/aromatic N) is 4. The molecule has 4 N–H and O–H groups in total. The van der Waals surface area contributed by atoms with Crippen molar-refractivity contribution in [2.24, 2.45) is 5.73 Å². The van der Waals surface area contributed by atoms with Crippen LogP contribution < -0.4 is 16.4 Å². The van der Waals surface area contributed by atoms with Crippen LogP contribution in [0.1, 0.15) is 5.56 Å². The molecule has 0 bridgehead atoms. The maximum atomic E-state index is 6.44. The fourth-order valence-electron chi connectivity index (χ4n) is 3.79. The second-order valence-electron chi connectivity index (χ2n) is 8.01. The lowest BCUT2D eigenvalue weighted by Crippen LogP contribution is -2.31. The molecule has 2 aromatic carbocycles. The van der Waals surface area contributed by atoms with E-state index in [1.807, 2.05) is 66.7 Å². The molecule has 1 atom stereocenters. The molecule has 168 valence electrons. The predicted octanol–water partition coefficient (Wildman–Crippen LogP) is 4.81. The maximum absolute atomic E-state index is 6.44. The quantitative estimate of drug-likeness (QED) is 0.314. The summed E-state index contributed by atoms with van der Waals surface area (Å²) in [7, 11) is 0. The molecule has 0 fully saturated rings. The second kappa shape index (κ2) is 10.1. The molecule has 0 saturated carbocycles. The van der Waals surface area contributed by atoms with Gasteiger partial charge in [0.1, 0.15) is 11.3 Å². The van der Waals surface area contributed by atoms with Crippen molar-refractivity contribution < 1.29 is 0 Å². The molecule has 34 heavy (non-hydrogen) atoms. The van der Waals surface area contributed by atoms with Crippen LogP contribution in [0.5, 0.6) is 0 Å². The first-order valence-corrected chi connectivity index (χ1v) is 11.2. The van der Waals surface area contributed by atoms with Crippen LogP contribution in [-0.4, -0.2) is 32.5 Å². The summed E-state index contributed by atoms with van der Waals surface area (Å²) in [6.07, 6.45) is 6.00. The van der Waals surface area contributed by atoms with Gasteiger partial charge in [-0.05, 0) is 42.3 Å². The highest BCUT2D eigenvalue weighted by Crippen LogP contribution is 2.29. The zero-order valence-corrected chi connectivity index (χ0v) is 18.6. The molecule has 0 spiro atoms. The average Bonchev–Trinajstić information content (AvgIpc) is 2.89. The van der Waals surface area contributed by atoms with E-state index in [1.165, 1.54) is 5.56 Å². The van der Waals surface area contributed by atoms with Crippen LogP contribution in [0.15, 0.2) is 97.5 Å². The first-order chi connectivity index (χ1) is 16.8. The standard InChI is InChI=1S/C27H25N7/c28-21(17-19-7-3-1-4-8-19)18-31-26-23-13-16-30-27(32-22-9-5-2-6-10-22)24(23)33-25(34-26)20-11-14-29-15-12-20/h1-16,21H,17-18,28H2,(H,30,32)(H,31,33,34)/t21-/m1/s1. The smallest absolute Gasteiger partial charge is 0.162 e. The Morgan fingerprint density at radius 1 is 0.765 bits per heavy atom. The van der Waals surface area contributed by atoms with E-state index in [1.54, 1.807) is 18.6 Å². The number of benzene rings is 2. The minimum absolute atomic E-state index is 0.0689. The Morgan fingerprint density at radius 2 is 1.50 bits per heavy atom. The molecule has 5 aromatic rings. The van der Waals surface area contributed by atoms with E-state index in [2.05, 4.69) is 32.7 Å². The molecule has 3 heterocycles. The van der Waals surface area contributed by atoms with Crippen LogP contribution in [0.3, 0.4) is 0 Å². The molecule has 0 aliphatic carbocycles. The van der Waals surface area contributed by atoms with Crippen LogP contribution in [0.2, 0.25) is 0 Å². The van der Waals surface area contributed by atoms with E-state index in [-0.39, 0.29) is 6.04 Å². The molecule has 7 heteroatoms. The van der Waals surface area contributed by atoms with E-state index < -0.39 is 0 Å². The summed E-state index contributed by atoms with van der Waals surface area (Å²) in [5.41, 5.74) is 10.2. The normalized spacial score (nSPS) is 11.8. The van der Waals surface area contributed by atoms with Crippen LogP contribution in [-0.2, 0) is 6.42 Å². The molecule has 0 amide bonds. The van der Waals surface area contributed by atoms with Gasteiger partial charge in [-0.15, -0.1) is 0 Å². The topological polar surface area (TPSA) is 102 Å². The van der Waals surface area contributed by atoms with Crippen molar-refractivity contribution >= 4 is 28.2 Å². The second-order valence-corrected chi connectivity index (χ2v) is 8.01. The van der Waals surface area contributed by atoms with E-state index in [0.717, 1.165) is 34.4 Å². The fraction of sp³-hybridized carbons (Fsp3) is 0.111. The Kier molecular flexibility index (Phi) is 6.36. The third-order valence-corrected chi connectivity index (χ3v) is 5.46. The summed E-state index contributed by atoms with van der Waals surface area (Å²) in [6.45, 7) is 0.570. The van der Waals surface area contributed by atoms with Crippen molar-refractivity contribution in [1.29, 1.82) is 0 Å². The highest BCUT2D eigenvalue weighted by atomic mass is 15.1. The van der Waals surface area contributed by atoms with E-state index in [9.17, 15) is 0 Å². The van der Waals surface area contributed by atoms with E-state index >= 15 is 0 Å². The van der Waals surface area contributed by atoms with Crippen molar-refractivity contribution in [2.45, 2.75) is 12.5 Å². The Labute approximate surface area is 198 Å². The lowest BCUT2D eigenvalue weighted by molar-refractivity contribution is 0.698. The van der Waals surface area contributed by atoms with Gasteiger partial charge >= 0.3 is 0 Å². The van der Waals surface area contributed by atoms with Gasteiger partial charge in [-0.25, -0.2) is 15.0 Å². The van der Waals surface area contributed by atoms with Crippen molar-refractivity contribution in [3.63, 3.8) is 0 Å².